The topological polar surface area (TPSA) is 76.8 Å². The highest BCUT2D eigenvalue weighted by atomic mass is 16.2. The number of fused-ring (bicyclic) bond motifs is 1. The van der Waals surface area contributed by atoms with Crippen LogP contribution in [0.4, 0.5) is 0 Å². The summed E-state index contributed by atoms with van der Waals surface area (Å²) in [4.78, 5) is 28.6. The van der Waals surface area contributed by atoms with E-state index in [9.17, 15) is 4.79 Å². The van der Waals surface area contributed by atoms with Crippen molar-refractivity contribution in [1.82, 2.24) is 29.6 Å². The highest BCUT2D eigenvalue weighted by molar-refractivity contribution is 5.94. The molecule has 1 aliphatic heterocycles. The summed E-state index contributed by atoms with van der Waals surface area (Å²) in [6.45, 7) is 1.38. The fraction of sp³-hybridized carbons (Fsp3) is 0.194. The van der Waals surface area contributed by atoms with Crippen molar-refractivity contribution in [3.63, 3.8) is 0 Å². The number of piperidine rings is 1. The SMILES string of the molecule is Cn1cc(-c2cc3ncccc3c(C#CC3CCN(C(=O)c4ccc(-c5cccnc5)cc4)CC3)n2)cn1. The zero-order chi connectivity index (χ0) is 25.9. The molecule has 0 radical (unpaired) electrons. The van der Waals surface area contributed by atoms with Crippen molar-refractivity contribution < 1.29 is 4.79 Å². The quantitative estimate of drug-likeness (QED) is 0.327. The molecule has 186 valence electrons. The average Bonchev–Trinajstić information content (AvgIpc) is 3.42. The van der Waals surface area contributed by atoms with Crippen LogP contribution in [0.2, 0.25) is 0 Å². The summed E-state index contributed by atoms with van der Waals surface area (Å²) in [5.41, 5.74) is 6.12. The minimum Gasteiger partial charge on any atom is -0.339 e. The lowest BCUT2D eigenvalue weighted by Crippen LogP contribution is -2.38. The van der Waals surface area contributed by atoms with Crippen LogP contribution in [-0.4, -0.2) is 48.6 Å². The Morgan fingerprint density at radius 1 is 0.947 bits per heavy atom. The van der Waals surface area contributed by atoms with Gasteiger partial charge in [0.2, 0.25) is 0 Å². The lowest BCUT2D eigenvalue weighted by molar-refractivity contribution is 0.0708. The molecule has 4 aromatic heterocycles. The molecule has 0 spiro atoms. The van der Waals surface area contributed by atoms with E-state index in [0.717, 1.165) is 51.8 Å². The van der Waals surface area contributed by atoms with E-state index in [-0.39, 0.29) is 11.8 Å². The molecular weight excluding hydrogens is 472 g/mol. The zero-order valence-corrected chi connectivity index (χ0v) is 21.1. The number of carbonyl (C=O) groups excluding carboxylic acids is 1. The van der Waals surface area contributed by atoms with Crippen molar-refractivity contribution in [2.45, 2.75) is 12.8 Å². The van der Waals surface area contributed by atoms with Gasteiger partial charge in [0.25, 0.3) is 5.91 Å². The first-order chi connectivity index (χ1) is 18.6. The van der Waals surface area contributed by atoms with Crippen molar-refractivity contribution in [3.05, 3.63) is 96.8 Å². The molecular formula is C31H26N6O. The number of aromatic nitrogens is 5. The van der Waals surface area contributed by atoms with Gasteiger partial charge in [-0.2, -0.15) is 5.10 Å². The molecule has 5 aromatic rings. The van der Waals surface area contributed by atoms with Gasteiger partial charge in [0.15, 0.2) is 0 Å². The molecule has 38 heavy (non-hydrogen) atoms. The Kier molecular flexibility index (Phi) is 6.37. The first-order valence-corrected chi connectivity index (χ1v) is 12.7. The van der Waals surface area contributed by atoms with Crippen LogP contribution < -0.4 is 0 Å². The van der Waals surface area contributed by atoms with Gasteiger partial charge in [-0.05, 0) is 66.3 Å². The highest BCUT2D eigenvalue weighted by Gasteiger charge is 2.23. The normalized spacial score (nSPS) is 13.8. The van der Waals surface area contributed by atoms with Gasteiger partial charge < -0.3 is 4.90 Å². The molecule has 1 aromatic carbocycles. The molecule has 0 aliphatic carbocycles. The Morgan fingerprint density at radius 2 is 1.76 bits per heavy atom. The molecule has 1 amide bonds. The number of aryl methyl sites for hydroxylation is 1. The highest BCUT2D eigenvalue weighted by Crippen LogP contribution is 2.24. The maximum Gasteiger partial charge on any atom is 0.253 e. The molecule has 1 saturated heterocycles. The smallest absolute Gasteiger partial charge is 0.253 e. The molecule has 0 atom stereocenters. The Bertz CT molecular complexity index is 1660. The van der Waals surface area contributed by atoms with E-state index in [1.807, 2.05) is 78.9 Å². The summed E-state index contributed by atoms with van der Waals surface area (Å²) in [6, 6.07) is 17.6. The third-order valence-electron chi connectivity index (χ3n) is 6.90. The van der Waals surface area contributed by atoms with Crippen molar-refractivity contribution >= 4 is 16.8 Å². The molecule has 0 saturated carbocycles. The Morgan fingerprint density at radius 3 is 2.50 bits per heavy atom. The molecule has 0 bridgehead atoms. The van der Waals surface area contributed by atoms with E-state index < -0.39 is 0 Å². The summed E-state index contributed by atoms with van der Waals surface area (Å²) in [5, 5.41) is 5.21. The fourth-order valence-electron chi connectivity index (χ4n) is 4.79. The van der Waals surface area contributed by atoms with Crippen LogP contribution in [0.15, 0.2) is 85.6 Å². The van der Waals surface area contributed by atoms with E-state index in [0.29, 0.717) is 18.7 Å². The number of hydrogen-bond acceptors (Lipinski definition) is 5. The van der Waals surface area contributed by atoms with Gasteiger partial charge in [-0.15, -0.1) is 0 Å². The monoisotopic (exact) mass is 498 g/mol. The van der Waals surface area contributed by atoms with E-state index in [1.165, 1.54) is 0 Å². The van der Waals surface area contributed by atoms with Crippen LogP contribution in [0.25, 0.3) is 33.3 Å². The largest absolute Gasteiger partial charge is 0.339 e. The number of rotatable bonds is 3. The second kappa shape index (κ2) is 10.3. The zero-order valence-electron chi connectivity index (χ0n) is 21.1. The Hall–Kier alpha value is -4.83. The predicted octanol–water partition coefficient (Wildman–Crippen LogP) is 5.00. The third-order valence-corrected chi connectivity index (χ3v) is 6.90. The molecule has 7 heteroatoms. The van der Waals surface area contributed by atoms with Crippen molar-refractivity contribution in [3.8, 4) is 34.2 Å². The summed E-state index contributed by atoms with van der Waals surface area (Å²) in [7, 11) is 1.89. The molecule has 6 rings (SSSR count). The summed E-state index contributed by atoms with van der Waals surface area (Å²) >= 11 is 0. The Balaban J connectivity index is 1.15. The van der Waals surface area contributed by atoms with Gasteiger partial charge in [-0.1, -0.05) is 24.1 Å². The number of likely N-dealkylation sites (tertiary alicyclic amines) is 1. The first kappa shape index (κ1) is 23.6. The molecule has 0 unspecified atom stereocenters. The number of hydrogen-bond donors (Lipinski definition) is 0. The van der Waals surface area contributed by atoms with E-state index >= 15 is 0 Å². The van der Waals surface area contributed by atoms with Crippen LogP contribution in [0.3, 0.4) is 0 Å². The number of nitrogens with zero attached hydrogens (tertiary/aromatic N) is 6. The number of carbonyl (C=O) groups is 1. The molecule has 1 aliphatic rings. The van der Waals surface area contributed by atoms with Gasteiger partial charge in [0, 0.05) is 67.4 Å². The van der Waals surface area contributed by atoms with Crippen LogP contribution >= 0.6 is 0 Å². The van der Waals surface area contributed by atoms with Gasteiger partial charge in [0.05, 0.1) is 17.4 Å². The maximum absolute atomic E-state index is 13.1. The predicted molar refractivity (Wildman–Crippen MR) is 147 cm³/mol. The van der Waals surface area contributed by atoms with E-state index in [1.54, 1.807) is 23.3 Å². The van der Waals surface area contributed by atoms with Crippen LogP contribution in [0.5, 0.6) is 0 Å². The van der Waals surface area contributed by atoms with Crippen molar-refractivity contribution in [2.24, 2.45) is 13.0 Å². The van der Waals surface area contributed by atoms with Gasteiger partial charge >= 0.3 is 0 Å². The molecule has 0 N–H and O–H groups in total. The summed E-state index contributed by atoms with van der Waals surface area (Å²) in [5.74, 6) is 7.05. The average molecular weight is 499 g/mol. The van der Waals surface area contributed by atoms with Gasteiger partial charge in [-0.3, -0.25) is 19.4 Å². The van der Waals surface area contributed by atoms with Crippen molar-refractivity contribution in [2.75, 3.05) is 13.1 Å². The first-order valence-electron chi connectivity index (χ1n) is 12.7. The van der Waals surface area contributed by atoms with Crippen molar-refractivity contribution in [1.29, 1.82) is 0 Å². The lowest BCUT2D eigenvalue weighted by atomic mass is 9.96. The molecule has 1 fully saturated rings. The van der Waals surface area contributed by atoms with Gasteiger partial charge in [-0.25, -0.2) is 4.98 Å². The minimum absolute atomic E-state index is 0.0667. The van der Waals surface area contributed by atoms with Crippen LogP contribution in [0, 0.1) is 17.8 Å². The van der Waals surface area contributed by atoms with E-state index in [4.69, 9.17) is 4.98 Å². The standard InChI is InChI=1S/C31H26N6O/c1-36-21-26(20-34-36)29-18-30-27(5-3-15-33-30)28(35-29)11-6-22-12-16-37(17-13-22)31(38)24-9-7-23(8-10-24)25-4-2-14-32-19-25/h2-5,7-10,14-15,18-22H,12-13,16-17H2,1H3. The third kappa shape index (κ3) is 4.89. The van der Waals surface area contributed by atoms with Crippen LogP contribution in [0.1, 0.15) is 28.9 Å². The molecule has 7 nitrogen and oxygen atoms in total. The minimum atomic E-state index is 0.0667. The number of benzene rings is 1. The lowest BCUT2D eigenvalue weighted by Gasteiger charge is -2.30. The summed E-state index contributed by atoms with van der Waals surface area (Å²) < 4.78 is 1.76. The van der Waals surface area contributed by atoms with Gasteiger partial charge in [0.1, 0.15) is 5.69 Å². The summed E-state index contributed by atoms with van der Waals surface area (Å²) in [6.07, 6.45) is 10.8. The second-order valence-corrected chi connectivity index (χ2v) is 9.48. The molecule has 5 heterocycles. The van der Waals surface area contributed by atoms with Crippen LogP contribution in [-0.2, 0) is 7.05 Å². The number of amides is 1. The maximum atomic E-state index is 13.1. The second-order valence-electron chi connectivity index (χ2n) is 9.48. The number of pyridine rings is 3. The fourth-order valence-corrected chi connectivity index (χ4v) is 4.79. The Labute approximate surface area is 221 Å². The van der Waals surface area contributed by atoms with E-state index in [2.05, 4.69) is 26.9 Å².